The van der Waals surface area contributed by atoms with Gasteiger partial charge in [-0.1, -0.05) is 23.7 Å². The monoisotopic (exact) mass is 545 g/mol. The average molecular weight is 546 g/mol. The molecule has 1 fully saturated rings. The quantitative estimate of drug-likeness (QED) is 0.252. The molecule has 164 valence electrons. The van der Waals surface area contributed by atoms with Gasteiger partial charge in [-0.3, -0.25) is 9.79 Å². The molecule has 0 saturated carbocycles. The van der Waals surface area contributed by atoms with Crippen LogP contribution < -0.4 is 15.5 Å². The number of amides is 1. The third-order valence-corrected chi connectivity index (χ3v) is 5.29. The van der Waals surface area contributed by atoms with Crippen molar-refractivity contribution in [2.75, 3.05) is 51.2 Å². The second-order valence-electron chi connectivity index (χ2n) is 6.94. The van der Waals surface area contributed by atoms with Crippen molar-refractivity contribution in [2.45, 2.75) is 13.3 Å². The lowest BCUT2D eigenvalue weighted by Gasteiger charge is -2.38. The van der Waals surface area contributed by atoms with E-state index in [0.717, 1.165) is 61.4 Å². The van der Waals surface area contributed by atoms with E-state index in [0.29, 0.717) is 12.3 Å². The van der Waals surface area contributed by atoms with Crippen molar-refractivity contribution >= 4 is 53.1 Å². The number of anilines is 1. The summed E-state index contributed by atoms with van der Waals surface area (Å²) in [4.78, 5) is 21.0. The van der Waals surface area contributed by atoms with E-state index in [-0.39, 0.29) is 29.9 Å². The lowest BCUT2D eigenvalue weighted by molar-refractivity contribution is 0.0925. The normalized spacial score (nSPS) is 14.3. The molecular formula is C21H29ClIN5O2. The minimum absolute atomic E-state index is 0. The van der Waals surface area contributed by atoms with Gasteiger partial charge in [0.25, 0.3) is 5.91 Å². The Morgan fingerprint density at radius 1 is 1.13 bits per heavy atom. The largest absolute Gasteiger partial charge is 0.459 e. The summed E-state index contributed by atoms with van der Waals surface area (Å²) < 4.78 is 5.20. The van der Waals surface area contributed by atoms with Gasteiger partial charge in [0.1, 0.15) is 0 Å². The van der Waals surface area contributed by atoms with Crippen molar-refractivity contribution in [3.8, 4) is 0 Å². The number of benzene rings is 1. The average Bonchev–Trinajstić information content (AvgIpc) is 3.17. The predicted molar refractivity (Wildman–Crippen MR) is 132 cm³/mol. The molecule has 1 aromatic carbocycles. The van der Waals surface area contributed by atoms with E-state index in [9.17, 15) is 4.79 Å². The fraction of sp³-hybridized carbons (Fsp3) is 0.429. The molecule has 7 nitrogen and oxygen atoms in total. The summed E-state index contributed by atoms with van der Waals surface area (Å²) in [5.41, 5.74) is 1.93. The molecule has 2 aromatic rings. The van der Waals surface area contributed by atoms with Gasteiger partial charge in [-0.2, -0.15) is 0 Å². The number of carbonyl (C=O) groups is 1. The Kier molecular flexibility index (Phi) is 9.77. The number of nitrogens with zero attached hydrogens (tertiary/aromatic N) is 3. The van der Waals surface area contributed by atoms with Crippen LogP contribution in [0.1, 0.15) is 22.5 Å². The first-order valence-corrected chi connectivity index (χ1v) is 10.3. The molecule has 1 aromatic heterocycles. The third kappa shape index (κ3) is 6.28. The number of furan rings is 1. The molecule has 2 heterocycles. The van der Waals surface area contributed by atoms with Crippen LogP contribution in [0.25, 0.3) is 0 Å². The smallest absolute Gasteiger partial charge is 0.287 e. The van der Waals surface area contributed by atoms with Crippen molar-refractivity contribution in [3.05, 3.63) is 52.9 Å². The van der Waals surface area contributed by atoms with Crippen molar-refractivity contribution in [3.63, 3.8) is 0 Å². The number of halogens is 2. The molecule has 0 spiro atoms. The lowest BCUT2D eigenvalue weighted by atomic mass is 10.2. The fourth-order valence-electron chi connectivity index (χ4n) is 3.38. The van der Waals surface area contributed by atoms with Gasteiger partial charge >= 0.3 is 0 Å². The molecule has 9 heteroatoms. The van der Waals surface area contributed by atoms with Crippen molar-refractivity contribution < 1.29 is 9.21 Å². The predicted octanol–water partition coefficient (Wildman–Crippen LogP) is 3.38. The number of guanidine groups is 1. The lowest BCUT2D eigenvalue weighted by Crippen LogP contribution is -2.52. The number of aliphatic imine (C=N–C) groups is 1. The van der Waals surface area contributed by atoms with Crippen LogP contribution in [0, 0.1) is 6.92 Å². The number of para-hydroxylation sites is 1. The number of carbonyl (C=O) groups excluding carboxylic acids is 1. The molecule has 0 unspecified atom stereocenters. The van der Waals surface area contributed by atoms with Crippen LogP contribution >= 0.6 is 35.6 Å². The number of hydrogen-bond acceptors (Lipinski definition) is 4. The van der Waals surface area contributed by atoms with Gasteiger partial charge in [-0.25, -0.2) is 0 Å². The van der Waals surface area contributed by atoms with E-state index >= 15 is 0 Å². The highest BCUT2D eigenvalue weighted by molar-refractivity contribution is 14.0. The number of nitrogens with one attached hydrogen (secondary N) is 2. The number of aryl methyl sites for hydroxylation is 1. The Balaban J connectivity index is 0.00000320. The first-order valence-electron chi connectivity index (χ1n) is 9.87. The SMILES string of the molecule is CN=C(NCCCNC(=O)c1occc1C)N1CCN(c2ccccc2Cl)CC1.I. The topological polar surface area (TPSA) is 73.1 Å². The Bertz CT molecular complexity index is 849. The fourth-order valence-corrected chi connectivity index (χ4v) is 3.63. The van der Waals surface area contributed by atoms with Crippen LogP contribution in [-0.2, 0) is 0 Å². The number of hydrogen-bond donors (Lipinski definition) is 2. The first kappa shape index (κ1) is 24.3. The second-order valence-corrected chi connectivity index (χ2v) is 7.35. The molecule has 1 amide bonds. The zero-order valence-electron chi connectivity index (χ0n) is 17.4. The van der Waals surface area contributed by atoms with Gasteiger partial charge in [0.2, 0.25) is 0 Å². The van der Waals surface area contributed by atoms with Gasteiger partial charge in [-0.15, -0.1) is 24.0 Å². The Morgan fingerprint density at radius 2 is 1.83 bits per heavy atom. The molecule has 0 atom stereocenters. The highest BCUT2D eigenvalue weighted by atomic mass is 127. The molecule has 0 radical (unpaired) electrons. The maximum atomic E-state index is 12.0. The summed E-state index contributed by atoms with van der Waals surface area (Å²) in [6.45, 7) is 6.69. The summed E-state index contributed by atoms with van der Waals surface area (Å²) in [6.07, 6.45) is 2.32. The Hall–Kier alpha value is -1.94. The Labute approximate surface area is 199 Å². The zero-order valence-corrected chi connectivity index (χ0v) is 20.4. The van der Waals surface area contributed by atoms with Crippen LogP contribution in [0.4, 0.5) is 5.69 Å². The maximum absolute atomic E-state index is 12.0. The molecule has 30 heavy (non-hydrogen) atoms. The summed E-state index contributed by atoms with van der Waals surface area (Å²) >= 11 is 6.32. The standard InChI is InChI=1S/C21H28ClN5O2.HI/c1-16-8-15-29-19(16)20(28)24-9-5-10-25-21(23-2)27-13-11-26(12-14-27)18-7-4-3-6-17(18)22;/h3-4,6-8,15H,5,9-14H2,1-2H3,(H,23,25)(H,24,28);1H. The van der Waals surface area contributed by atoms with Crippen LogP contribution in [0.5, 0.6) is 0 Å². The van der Waals surface area contributed by atoms with Gasteiger partial charge < -0.3 is 24.9 Å². The molecule has 1 aliphatic rings. The molecule has 0 aliphatic carbocycles. The first-order chi connectivity index (χ1) is 14.1. The number of piperazine rings is 1. The molecule has 0 bridgehead atoms. The van der Waals surface area contributed by atoms with E-state index in [1.54, 1.807) is 13.1 Å². The molecule has 3 rings (SSSR count). The maximum Gasteiger partial charge on any atom is 0.287 e. The van der Waals surface area contributed by atoms with Gasteiger partial charge in [0.05, 0.1) is 17.0 Å². The Morgan fingerprint density at radius 3 is 2.47 bits per heavy atom. The van der Waals surface area contributed by atoms with Crippen LogP contribution in [0.3, 0.4) is 0 Å². The minimum Gasteiger partial charge on any atom is -0.459 e. The van der Waals surface area contributed by atoms with Gasteiger partial charge in [0.15, 0.2) is 11.7 Å². The highest BCUT2D eigenvalue weighted by Crippen LogP contribution is 2.25. The van der Waals surface area contributed by atoms with E-state index in [2.05, 4.69) is 31.5 Å². The van der Waals surface area contributed by atoms with Gasteiger partial charge in [0, 0.05) is 51.9 Å². The summed E-state index contributed by atoms with van der Waals surface area (Å²) in [6, 6.07) is 9.73. The highest BCUT2D eigenvalue weighted by Gasteiger charge is 2.20. The van der Waals surface area contributed by atoms with Crippen LogP contribution in [0.15, 0.2) is 46.0 Å². The second kappa shape index (κ2) is 12.0. The van der Waals surface area contributed by atoms with Crippen molar-refractivity contribution in [1.82, 2.24) is 15.5 Å². The summed E-state index contributed by atoms with van der Waals surface area (Å²) in [5.74, 6) is 1.09. The third-order valence-electron chi connectivity index (χ3n) is 4.97. The summed E-state index contributed by atoms with van der Waals surface area (Å²) in [7, 11) is 1.80. The molecule has 2 N–H and O–H groups in total. The number of rotatable bonds is 6. The van der Waals surface area contributed by atoms with Crippen LogP contribution in [0.2, 0.25) is 5.02 Å². The molecule has 1 saturated heterocycles. The van der Waals surface area contributed by atoms with Gasteiger partial charge in [-0.05, 0) is 31.5 Å². The minimum atomic E-state index is -0.174. The van der Waals surface area contributed by atoms with E-state index in [1.807, 2.05) is 25.1 Å². The van der Waals surface area contributed by atoms with Crippen LogP contribution in [-0.4, -0.2) is 63.1 Å². The van der Waals surface area contributed by atoms with E-state index < -0.39 is 0 Å². The molecular weight excluding hydrogens is 517 g/mol. The summed E-state index contributed by atoms with van der Waals surface area (Å²) in [5, 5.41) is 7.05. The van der Waals surface area contributed by atoms with Crippen molar-refractivity contribution in [1.29, 1.82) is 0 Å². The van der Waals surface area contributed by atoms with E-state index in [4.69, 9.17) is 16.0 Å². The zero-order chi connectivity index (χ0) is 20.6. The van der Waals surface area contributed by atoms with Crippen molar-refractivity contribution in [2.24, 2.45) is 4.99 Å². The van der Waals surface area contributed by atoms with E-state index in [1.165, 1.54) is 6.26 Å². The molecule has 1 aliphatic heterocycles.